The van der Waals surface area contributed by atoms with Crippen LogP contribution in [0.25, 0.3) is 10.8 Å². The molecule has 2 unspecified atom stereocenters. The number of halogens is 1. The maximum Gasteiger partial charge on any atom is 0.254 e. The molecular formula is C29H33FN2O2. The maximum atomic E-state index is 13.5. The molecule has 3 aromatic rings. The van der Waals surface area contributed by atoms with Crippen molar-refractivity contribution >= 4 is 16.7 Å². The molecule has 0 bridgehead atoms. The number of aliphatic hydroxyl groups is 1. The van der Waals surface area contributed by atoms with Gasteiger partial charge in [0.1, 0.15) is 5.82 Å². The number of carbonyl (C=O) groups is 1. The predicted molar refractivity (Wildman–Crippen MR) is 133 cm³/mol. The highest BCUT2D eigenvalue weighted by atomic mass is 19.1. The summed E-state index contributed by atoms with van der Waals surface area (Å²) in [5.74, 6) is 1.09. The molecule has 2 fully saturated rings. The van der Waals surface area contributed by atoms with Crippen LogP contribution in [0.4, 0.5) is 4.39 Å². The number of carbonyl (C=O) groups excluding carboxylic acids is 1. The first-order chi connectivity index (χ1) is 16.6. The lowest BCUT2D eigenvalue weighted by atomic mass is 9.88. The molecule has 0 saturated carbocycles. The monoisotopic (exact) mass is 460 g/mol. The zero-order valence-corrected chi connectivity index (χ0v) is 19.6. The number of nitrogens with zero attached hydrogens (tertiary/aromatic N) is 2. The Balaban J connectivity index is 1.23. The van der Waals surface area contributed by atoms with Gasteiger partial charge in [0.2, 0.25) is 0 Å². The lowest BCUT2D eigenvalue weighted by molar-refractivity contribution is 0.0781. The highest BCUT2D eigenvalue weighted by Gasteiger charge is 2.37. The molecule has 5 rings (SSSR count). The van der Waals surface area contributed by atoms with Gasteiger partial charge in [-0.3, -0.25) is 4.79 Å². The van der Waals surface area contributed by atoms with Crippen molar-refractivity contribution in [1.29, 1.82) is 0 Å². The summed E-state index contributed by atoms with van der Waals surface area (Å²) in [5.41, 5.74) is 1.99. The number of hydrogen-bond donors (Lipinski definition) is 1. The Morgan fingerprint density at radius 3 is 2.38 bits per heavy atom. The van der Waals surface area contributed by atoms with Crippen molar-refractivity contribution in [2.75, 3.05) is 39.3 Å². The molecule has 4 nitrogen and oxygen atoms in total. The van der Waals surface area contributed by atoms with Crippen LogP contribution in [0.3, 0.4) is 0 Å². The molecule has 2 heterocycles. The van der Waals surface area contributed by atoms with Gasteiger partial charge in [-0.25, -0.2) is 4.39 Å². The number of rotatable bonds is 6. The lowest BCUT2D eigenvalue weighted by Crippen LogP contribution is -2.39. The second-order valence-electron chi connectivity index (χ2n) is 9.90. The van der Waals surface area contributed by atoms with E-state index in [1.54, 1.807) is 12.1 Å². The van der Waals surface area contributed by atoms with Crippen molar-refractivity contribution in [2.45, 2.75) is 25.2 Å². The van der Waals surface area contributed by atoms with Gasteiger partial charge < -0.3 is 14.9 Å². The number of benzene rings is 3. The van der Waals surface area contributed by atoms with Crippen molar-refractivity contribution in [3.8, 4) is 0 Å². The van der Waals surface area contributed by atoms with Gasteiger partial charge in [-0.05, 0) is 84.6 Å². The molecule has 2 atom stereocenters. The standard InChI is InChI=1S/C29H33FN2O2/c30-26-10-8-21(9-11-26)22-12-15-31(16-13-22)18-25-20-32(19-24(25)14-17-33)29(34)28-7-3-5-23-4-1-2-6-27(23)28/h1-11,22,24-25,33H,12-20H2. The maximum absolute atomic E-state index is 13.5. The molecule has 1 N–H and O–H groups in total. The molecular weight excluding hydrogens is 427 g/mol. The summed E-state index contributed by atoms with van der Waals surface area (Å²) in [6.07, 6.45) is 2.87. The third-order valence-electron chi connectivity index (χ3n) is 7.81. The van der Waals surface area contributed by atoms with Crippen molar-refractivity contribution in [1.82, 2.24) is 9.80 Å². The first kappa shape index (κ1) is 23.0. The van der Waals surface area contributed by atoms with Crippen LogP contribution in [0.1, 0.15) is 41.1 Å². The third-order valence-corrected chi connectivity index (χ3v) is 7.81. The minimum absolute atomic E-state index is 0.0947. The summed E-state index contributed by atoms with van der Waals surface area (Å²) >= 11 is 0. The number of likely N-dealkylation sites (tertiary alicyclic amines) is 2. The van der Waals surface area contributed by atoms with Gasteiger partial charge in [0.05, 0.1) is 0 Å². The van der Waals surface area contributed by atoms with E-state index in [9.17, 15) is 14.3 Å². The van der Waals surface area contributed by atoms with Gasteiger partial charge >= 0.3 is 0 Å². The van der Waals surface area contributed by atoms with Gasteiger partial charge in [-0.2, -0.15) is 0 Å². The largest absolute Gasteiger partial charge is 0.396 e. The van der Waals surface area contributed by atoms with Crippen LogP contribution in [0.15, 0.2) is 66.7 Å². The normalized spacial score (nSPS) is 21.9. The fourth-order valence-electron chi connectivity index (χ4n) is 5.90. The Labute approximate surface area is 201 Å². The van der Waals surface area contributed by atoms with Crippen LogP contribution >= 0.6 is 0 Å². The van der Waals surface area contributed by atoms with Crippen LogP contribution < -0.4 is 0 Å². The Kier molecular flexibility index (Phi) is 6.93. The van der Waals surface area contributed by atoms with E-state index in [4.69, 9.17) is 0 Å². The first-order valence-corrected chi connectivity index (χ1v) is 12.5. The number of piperidine rings is 1. The average Bonchev–Trinajstić information content (AvgIpc) is 3.26. The average molecular weight is 461 g/mol. The molecule has 5 heteroatoms. The van der Waals surface area contributed by atoms with Gasteiger partial charge in [0.25, 0.3) is 5.91 Å². The lowest BCUT2D eigenvalue weighted by Gasteiger charge is -2.34. The summed E-state index contributed by atoms with van der Waals surface area (Å²) in [6.45, 7) is 4.59. The third kappa shape index (κ3) is 4.86. The molecule has 2 saturated heterocycles. The Bertz CT molecular complexity index is 1120. The van der Waals surface area contributed by atoms with Gasteiger partial charge in [0.15, 0.2) is 0 Å². The van der Waals surface area contributed by atoms with E-state index in [1.807, 2.05) is 59.5 Å². The van der Waals surface area contributed by atoms with Crippen LogP contribution in [-0.4, -0.2) is 60.1 Å². The molecule has 2 aliphatic rings. The van der Waals surface area contributed by atoms with Crippen molar-refractivity contribution in [3.63, 3.8) is 0 Å². The van der Waals surface area contributed by atoms with E-state index in [1.165, 1.54) is 5.56 Å². The number of amides is 1. The Hall–Kier alpha value is -2.76. The SMILES string of the molecule is O=C(c1cccc2ccccc12)N1CC(CCO)C(CN2CCC(c3ccc(F)cc3)CC2)C1. The number of fused-ring (bicyclic) bond motifs is 1. The van der Waals surface area contributed by atoms with Crippen LogP contribution in [-0.2, 0) is 0 Å². The van der Waals surface area contributed by atoms with Crippen molar-refractivity contribution in [3.05, 3.63) is 83.7 Å². The minimum Gasteiger partial charge on any atom is -0.396 e. The molecule has 0 radical (unpaired) electrons. The molecule has 178 valence electrons. The summed E-state index contributed by atoms with van der Waals surface area (Å²) in [6, 6.07) is 20.9. The minimum atomic E-state index is -0.181. The van der Waals surface area contributed by atoms with Crippen molar-refractivity contribution in [2.24, 2.45) is 11.8 Å². The topological polar surface area (TPSA) is 43.8 Å². The predicted octanol–water partition coefficient (Wildman–Crippen LogP) is 4.93. The summed E-state index contributed by atoms with van der Waals surface area (Å²) in [7, 11) is 0. The number of aliphatic hydroxyl groups excluding tert-OH is 1. The van der Waals surface area contributed by atoms with Crippen LogP contribution in [0, 0.1) is 17.7 Å². The summed E-state index contributed by atoms with van der Waals surface area (Å²) in [5, 5.41) is 11.8. The van der Waals surface area contributed by atoms with E-state index in [-0.39, 0.29) is 18.3 Å². The van der Waals surface area contributed by atoms with E-state index in [0.717, 1.165) is 61.8 Å². The van der Waals surface area contributed by atoms with Gasteiger partial charge in [0, 0.05) is 31.8 Å². The second kappa shape index (κ2) is 10.2. The van der Waals surface area contributed by atoms with E-state index in [0.29, 0.717) is 24.3 Å². The van der Waals surface area contributed by atoms with Crippen LogP contribution in [0.2, 0.25) is 0 Å². The first-order valence-electron chi connectivity index (χ1n) is 12.5. The molecule has 34 heavy (non-hydrogen) atoms. The molecule has 3 aromatic carbocycles. The van der Waals surface area contributed by atoms with Crippen LogP contribution in [0.5, 0.6) is 0 Å². The number of hydrogen-bond acceptors (Lipinski definition) is 3. The van der Waals surface area contributed by atoms with Gasteiger partial charge in [-0.15, -0.1) is 0 Å². The highest BCUT2D eigenvalue weighted by Crippen LogP contribution is 2.33. The van der Waals surface area contributed by atoms with E-state index < -0.39 is 0 Å². The smallest absolute Gasteiger partial charge is 0.254 e. The highest BCUT2D eigenvalue weighted by molar-refractivity contribution is 6.07. The fraction of sp³-hybridized carbons (Fsp3) is 0.414. The van der Waals surface area contributed by atoms with Crippen molar-refractivity contribution < 1.29 is 14.3 Å². The second-order valence-corrected chi connectivity index (χ2v) is 9.90. The Morgan fingerprint density at radius 1 is 0.912 bits per heavy atom. The Morgan fingerprint density at radius 2 is 1.62 bits per heavy atom. The summed E-state index contributed by atoms with van der Waals surface area (Å²) < 4.78 is 13.3. The zero-order chi connectivity index (χ0) is 23.5. The quantitative estimate of drug-likeness (QED) is 0.567. The fourth-order valence-corrected chi connectivity index (χ4v) is 5.90. The van der Waals surface area contributed by atoms with E-state index >= 15 is 0 Å². The molecule has 2 aliphatic heterocycles. The molecule has 1 amide bonds. The zero-order valence-electron chi connectivity index (χ0n) is 19.6. The van der Waals surface area contributed by atoms with Gasteiger partial charge in [-0.1, -0.05) is 48.5 Å². The molecule has 0 spiro atoms. The molecule has 0 aromatic heterocycles. The summed E-state index contributed by atoms with van der Waals surface area (Å²) in [4.78, 5) is 18.0. The van der Waals surface area contributed by atoms with E-state index in [2.05, 4.69) is 4.90 Å². The molecule has 0 aliphatic carbocycles.